The van der Waals surface area contributed by atoms with Crippen LogP contribution in [0.1, 0.15) is 57.1 Å². The molecule has 0 unspecified atom stereocenters. The Balaban J connectivity index is 1.55. The first-order valence-electron chi connectivity index (χ1n) is 11.9. The Kier molecular flexibility index (Phi) is 5.28. The second-order valence-corrected chi connectivity index (χ2v) is 10.4. The highest BCUT2D eigenvalue weighted by Crippen LogP contribution is 2.66. The Morgan fingerprint density at radius 1 is 1.09 bits per heavy atom. The van der Waals surface area contributed by atoms with Crippen molar-refractivity contribution in [1.82, 2.24) is 0 Å². The molecule has 2 bridgehead atoms. The minimum atomic E-state index is -0.665. The van der Waals surface area contributed by atoms with Gasteiger partial charge in [0.2, 0.25) is 5.88 Å². The van der Waals surface area contributed by atoms with E-state index in [-0.39, 0.29) is 28.4 Å². The lowest BCUT2D eigenvalue weighted by Gasteiger charge is -2.39. The summed E-state index contributed by atoms with van der Waals surface area (Å²) in [6, 6.07) is 21.2. The molecule has 0 amide bonds. The second kappa shape index (κ2) is 8.06. The van der Waals surface area contributed by atoms with Crippen LogP contribution in [0, 0.1) is 28.1 Å². The third-order valence-corrected chi connectivity index (χ3v) is 8.77. The molecule has 5 rings (SSSR count). The number of hydrogen-bond donors (Lipinski definition) is 1. The van der Waals surface area contributed by atoms with Gasteiger partial charge in [0.15, 0.2) is 5.76 Å². The van der Waals surface area contributed by atoms with E-state index < -0.39 is 11.9 Å². The number of allylic oxidation sites excluding steroid dienone is 1. The Morgan fingerprint density at radius 2 is 1.74 bits per heavy atom. The van der Waals surface area contributed by atoms with Gasteiger partial charge in [0.05, 0.1) is 17.6 Å². The predicted octanol–water partition coefficient (Wildman–Crippen LogP) is 5.66. The van der Waals surface area contributed by atoms with Gasteiger partial charge < -0.3 is 15.2 Å². The monoisotopic (exact) mass is 454 g/mol. The average molecular weight is 455 g/mol. The normalized spacial score (nSPS) is 29.5. The Labute approximate surface area is 200 Å². The summed E-state index contributed by atoms with van der Waals surface area (Å²) in [6.07, 6.45) is 2.88. The van der Waals surface area contributed by atoms with Gasteiger partial charge in [-0.05, 0) is 36.2 Å². The number of nitrogens with two attached hydrogens (primary N) is 1. The number of benzene rings is 2. The largest absolute Gasteiger partial charge is 0.458 e. The summed E-state index contributed by atoms with van der Waals surface area (Å²) in [5.74, 6) is -0.264. The molecular formula is C29H30N2O3. The van der Waals surface area contributed by atoms with E-state index >= 15 is 0 Å². The zero-order valence-electron chi connectivity index (χ0n) is 19.9. The molecule has 1 aliphatic heterocycles. The summed E-state index contributed by atoms with van der Waals surface area (Å²) >= 11 is 0. The molecule has 2 saturated carbocycles. The second-order valence-electron chi connectivity index (χ2n) is 10.4. The van der Waals surface area contributed by atoms with Crippen LogP contribution in [0.25, 0.3) is 5.76 Å². The van der Waals surface area contributed by atoms with Crippen molar-refractivity contribution in [3.05, 3.63) is 88.8 Å². The van der Waals surface area contributed by atoms with Gasteiger partial charge in [-0.3, -0.25) is 0 Å². The van der Waals surface area contributed by atoms with E-state index in [0.717, 1.165) is 24.0 Å². The van der Waals surface area contributed by atoms with Crippen molar-refractivity contribution >= 4 is 11.7 Å². The van der Waals surface area contributed by atoms with E-state index in [4.69, 9.17) is 15.2 Å². The van der Waals surface area contributed by atoms with Crippen molar-refractivity contribution in [3.63, 3.8) is 0 Å². The number of nitrogens with zero attached hydrogens (tertiary/aromatic N) is 1. The van der Waals surface area contributed by atoms with Crippen molar-refractivity contribution in [1.29, 1.82) is 5.26 Å². The molecule has 34 heavy (non-hydrogen) atoms. The summed E-state index contributed by atoms with van der Waals surface area (Å²) in [5, 5.41) is 10.2. The molecule has 3 aliphatic rings. The Morgan fingerprint density at radius 3 is 2.29 bits per heavy atom. The molecule has 4 atom stereocenters. The molecule has 0 aromatic heterocycles. The first-order valence-corrected chi connectivity index (χ1v) is 11.9. The molecule has 2 N–H and O–H groups in total. The van der Waals surface area contributed by atoms with E-state index in [0.29, 0.717) is 17.3 Å². The molecular weight excluding hydrogens is 424 g/mol. The summed E-state index contributed by atoms with van der Waals surface area (Å²) < 4.78 is 12.2. The number of carbonyl (C=O) groups excluding carboxylic acids is 1. The highest BCUT2D eigenvalue weighted by molar-refractivity contribution is 5.94. The zero-order valence-corrected chi connectivity index (χ0v) is 19.9. The third-order valence-electron chi connectivity index (χ3n) is 8.77. The molecule has 5 nitrogen and oxygen atoms in total. The summed E-state index contributed by atoms with van der Waals surface area (Å²) in [7, 11) is 0. The van der Waals surface area contributed by atoms with Crippen LogP contribution in [-0.4, -0.2) is 12.1 Å². The van der Waals surface area contributed by atoms with Crippen LogP contribution >= 0.6 is 0 Å². The summed E-state index contributed by atoms with van der Waals surface area (Å²) in [5.41, 5.74) is 8.51. The van der Waals surface area contributed by atoms with Gasteiger partial charge in [-0.1, -0.05) is 81.4 Å². The van der Waals surface area contributed by atoms with E-state index in [2.05, 4.69) is 26.8 Å². The van der Waals surface area contributed by atoms with Gasteiger partial charge in [-0.15, -0.1) is 0 Å². The van der Waals surface area contributed by atoms with Gasteiger partial charge in [-0.25, -0.2) is 4.79 Å². The van der Waals surface area contributed by atoms with Gasteiger partial charge in [0.1, 0.15) is 11.7 Å². The Bertz CT molecular complexity index is 1220. The van der Waals surface area contributed by atoms with Crippen molar-refractivity contribution < 1.29 is 14.3 Å². The number of ether oxygens (including phenoxy) is 2. The topological polar surface area (TPSA) is 85.3 Å². The van der Waals surface area contributed by atoms with E-state index in [1.807, 2.05) is 60.7 Å². The lowest BCUT2D eigenvalue weighted by Crippen LogP contribution is -2.39. The maximum atomic E-state index is 13.7. The highest BCUT2D eigenvalue weighted by atomic mass is 16.5. The van der Waals surface area contributed by atoms with Crippen molar-refractivity contribution in [2.75, 3.05) is 0 Å². The number of hydrogen-bond acceptors (Lipinski definition) is 5. The van der Waals surface area contributed by atoms with Crippen LogP contribution < -0.4 is 5.73 Å². The fourth-order valence-electron chi connectivity index (χ4n) is 6.26. The number of rotatable bonds is 4. The van der Waals surface area contributed by atoms with Crippen LogP contribution in [0.4, 0.5) is 0 Å². The van der Waals surface area contributed by atoms with Gasteiger partial charge in [0.25, 0.3) is 0 Å². The molecule has 2 fully saturated rings. The first-order chi connectivity index (χ1) is 16.3. The Hall–Kier alpha value is -3.52. The van der Waals surface area contributed by atoms with Gasteiger partial charge >= 0.3 is 5.97 Å². The number of fused-ring (bicyclic) bond motifs is 2. The van der Waals surface area contributed by atoms with E-state index in [9.17, 15) is 10.1 Å². The number of carbonyl (C=O) groups is 1. The molecule has 0 spiro atoms. The highest BCUT2D eigenvalue weighted by Gasteiger charge is 2.63. The molecule has 0 radical (unpaired) electrons. The SMILES string of the molecule is CC1(C)[C@H]2CC[C@]1(C)[C@H](OC(=O)C1=C(N)OC(c3ccccc3)=C(C#N)[C@@H]1c1ccccc1)C2. The van der Waals surface area contributed by atoms with E-state index in [1.54, 1.807) is 0 Å². The third kappa shape index (κ3) is 3.24. The van der Waals surface area contributed by atoms with Crippen molar-refractivity contribution in [3.8, 4) is 6.07 Å². The van der Waals surface area contributed by atoms with E-state index in [1.165, 1.54) is 6.42 Å². The van der Waals surface area contributed by atoms with Crippen LogP contribution in [0.15, 0.2) is 77.7 Å². The fraction of sp³-hybridized carbons (Fsp3) is 0.379. The predicted molar refractivity (Wildman–Crippen MR) is 130 cm³/mol. The molecule has 2 aliphatic carbocycles. The fourth-order valence-corrected chi connectivity index (χ4v) is 6.26. The first kappa shape index (κ1) is 22.3. The molecule has 5 heteroatoms. The lowest BCUT2D eigenvalue weighted by atomic mass is 9.70. The molecule has 2 aromatic carbocycles. The average Bonchev–Trinajstić information content (AvgIpc) is 3.18. The zero-order chi connectivity index (χ0) is 24.1. The number of nitriles is 1. The smallest absolute Gasteiger partial charge is 0.340 e. The van der Waals surface area contributed by atoms with Crippen molar-refractivity contribution in [2.45, 2.75) is 52.1 Å². The standard InChI is InChI=1S/C29H30N2O3/c1-28(2)20-14-15-29(28,3)22(16-20)33-27(32)24-23(18-10-6-4-7-11-18)21(17-30)25(34-26(24)31)19-12-8-5-9-13-19/h4-13,20,22-23H,14-16,31H2,1-3H3/t20-,22+,23-,29+/m0/s1. The molecule has 0 saturated heterocycles. The molecule has 174 valence electrons. The van der Waals surface area contributed by atoms with Gasteiger partial charge in [0, 0.05) is 11.0 Å². The van der Waals surface area contributed by atoms with Crippen LogP contribution in [0.2, 0.25) is 0 Å². The summed E-state index contributed by atoms with van der Waals surface area (Å²) in [6.45, 7) is 6.80. The van der Waals surface area contributed by atoms with Crippen LogP contribution in [0.5, 0.6) is 0 Å². The summed E-state index contributed by atoms with van der Waals surface area (Å²) in [4.78, 5) is 13.7. The molecule has 1 heterocycles. The minimum absolute atomic E-state index is 0.00993. The quantitative estimate of drug-likeness (QED) is 0.602. The van der Waals surface area contributed by atoms with Crippen LogP contribution in [0.3, 0.4) is 0 Å². The molecule has 2 aromatic rings. The number of esters is 1. The maximum absolute atomic E-state index is 13.7. The minimum Gasteiger partial charge on any atom is -0.458 e. The van der Waals surface area contributed by atoms with Gasteiger partial charge in [-0.2, -0.15) is 5.26 Å². The van der Waals surface area contributed by atoms with Crippen molar-refractivity contribution in [2.24, 2.45) is 22.5 Å². The van der Waals surface area contributed by atoms with Crippen LogP contribution in [-0.2, 0) is 14.3 Å². The maximum Gasteiger partial charge on any atom is 0.340 e. The lowest BCUT2D eigenvalue weighted by molar-refractivity contribution is -0.152.